The summed E-state index contributed by atoms with van der Waals surface area (Å²) in [6.45, 7) is 2.50. The summed E-state index contributed by atoms with van der Waals surface area (Å²) in [6, 6.07) is 3.85. The number of amides is 1. The van der Waals surface area contributed by atoms with E-state index >= 15 is 0 Å². The van der Waals surface area contributed by atoms with Gasteiger partial charge >= 0.3 is 0 Å². The minimum absolute atomic E-state index is 0.0148. The van der Waals surface area contributed by atoms with Crippen LogP contribution in [0.3, 0.4) is 0 Å². The summed E-state index contributed by atoms with van der Waals surface area (Å²) < 4.78 is 5.43. The number of aryl methyl sites for hydroxylation is 1. The minimum atomic E-state index is 0.0148. The van der Waals surface area contributed by atoms with Crippen LogP contribution in [0.25, 0.3) is 0 Å². The molecule has 1 heterocycles. The lowest BCUT2D eigenvalue weighted by Gasteiger charge is -2.19. The van der Waals surface area contributed by atoms with Crippen molar-refractivity contribution in [3.63, 3.8) is 0 Å². The molecular weight excluding hydrogens is 230 g/mol. The van der Waals surface area contributed by atoms with Crippen molar-refractivity contribution in [2.24, 2.45) is 5.92 Å². The zero-order chi connectivity index (χ0) is 13.0. The molecule has 0 bridgehead atoms. The lowest BCUT2D eigenvalue weighted by atomic mass is 9.88. The molecule has 1 aromatic rings. The largest absolute Gasteiger partial charge is 0.466 e. The lowest BCUT2D eigenvalue weighted by molar-refractivity contribution is -0.128. The van der Waals surface area contributed by atoms with Gasteiger partial charge in [-0.3, -0.25) is 9.59 Å². The molecule has 2 rings (SSSR count). The molecule has 1 fully saturated rings. The molecule has 0 aliphatic heterocycles. The fraction of sp³-hybridized carbons (Fsp3) is 0.571. The predicted octanol–water partition coefficient (Wildman–Crippen LogP) is 2.01. The molecule has 0 unspecified atom stereocenters. The van der Waals surface area contributed by atoms with Gasteiger partial charge in [0.05, 0.1) is 0 Å². The van der Waals surface area contributed by atoms with Crippen LogP contribution in [-0.2, 0) is 16.0 Å². The summed E-state index contributed by atoms with van der Waals surface area (Å²) in [5.41, 5.74) is 0. The van der Waals surface area contributed by atoms with Crippen LogP contribution >= 0.6 is 0 Å². The zero-order valence-electron chi connectivity index (χ0n) is 10.7. The van der Waals surface area contributed by atoms with Gasteiger partial charge in [0.15, 0.2) is 0 Å². The highest BCUT2D eigenvalue weighted by Crippen LogP contribution is 2.21. The summed E-state index contributed by atoms with van der Waals surface area (Å²) in [5, 5.41) is 2.91. The van der Waals surface area contributed by atoms with Crippen LogP contribution in [0.4, 0.5) is 0 Å². The molecular formula is C14H19NO3. The highest BCUT2D eigenvalue weighted by atomic mass is 16.3. The van der Waals surface area contributed by atoms with Gasteiger partial charge in [0, 0.05) is 31.7 Å². The predicted molar refractivity (Wildman–Crippen MR) is 67.1 cm³/mol. The monoisotopic (exact) mass is 249 g/mol. The van der Waals surface area contributed by atoms with Gasteiger partial charge in [-0.25, -0.2) is 0 Å². The average Bonchev–Trinajstić information content (AvgIpc) is 2.76. The second-order valence-corrected chi connectivity index (χ2v) is 4.87. The highest BCUT2D eigenvalue weighted by Gasteiger charge is 2.24. The number of Topliss-reactive ketones (excluding diaryl/α,β-unsaturated/α-hetero) is 1. The number of nitrogens with one attached hydrogen (secondary N) is 1. The summed E-state index contributed by atoms with van der Waals surface area (Å²) in [7, 11) is 0. The van der Waals surface area contributed by atoms with Gasteiger partial charge in [0.1, 0.15) is 17.3 Å². The second-order valence-electron chi connectivity index (χ2n) is 4.87. The van der Waals surface area contributed by atoms with Gasteiger partial charge in [0.2, 0.25) is 5.91 Å². The van der Waals surface area contributed by atoms with Gasteiger partial charge in [-0.2, -0.15) is 0 Å². The Labute approximate surface area is 107 Å². The maximum Gasteiger partial charge on any atom is 0.223 e. The zero-order valence-corrected chi connectivity index (χ0v) is 10.7. The molecule has 0 spiro atoms. The topological polar surface area (TPSA) is 59.3 Å². The number of hydrogen-bond acceptors (Lipinski definition) is 3. The SMILES string of the molecule is Cc1ccc(CCNC(=O)C2CCC(=O)CC2)o1. The van der Waals surface area contributed by atoms with E-state index in [4.69, 9.17) is 4.42 Å². The summed E-state index contributed by atoms with van der Waals surface area (Å²) in [4.78, 5) is 22.9. The van der Waals surface area contributed by atoms with E-state index in [0.717, 1.165) is 11.5 Å². The third-order valence-electron chi connectivity index (χ3n) is 3.38. The molecule has 0 radical (unpaired) electrons. The van der Waals surface area contributed by atoms with E-state index in [1.165, 1.54) is 0 Å². The Morgan fingerprint density at radius 3 is 2.72 bits per heavy atom. The quantitative estimate of drug-likeness (QED) is 0.888. The summed E-state index contributed by atoms with van der Waals surface area (Å²) in [5.74, 6) is 2.16. The molecule has 18 heavy (non-hydrogen) atoms. The lowest BCUT2D eigenvalue weighted by Crippen LogP contribution is -2.34. The summed E-state index contributed by atoms with van der Waals surface area (Å²) >= 11 is 0. The van der Waals surface area contributed by atoms with E-state index in [1.54, 1.807) is 0 Å². The van der Waals surface area contributed by atoms with Crippen LogP contribution in [-0.4, -0.2) is 18.2 Å². The molecule has 0 saturated heterocycles. The van der Waals surface area contributed by atoms with Gasteiger partial charge in [-0.15, -0.1) is 0 Å². The molecule has 1 aromatic heterocycles. The van der Waals surface area contributed by atoms with Crippen molar-refractivity contribution < 1.29 is 14.0 Å². The Balaban J connectivity index is 1.70. The van der Waals surface area contributed by atoms with Crippen molar-refractivity contribution in [1.82, 2.24) is 5.32 Å². The van der Waals surface area contributed by atoms with Gasteiger partial charge in [0.25, 0.3) is 0 Å². The maximum absolute atomic E-state index is 11.8. The van der Waals surface area contributed by atoms with Crippen molar-refractivity contribution in [3.8, 4) is 0 Å². The van der Waals surface area contributed by atoms with Crippen molar-refractivity contribution in [1.29, 1.82) is 0 Å². The minimum Gasteiger partial charge on any atom is -0.466 e. The van der Waals surface area contributed by atoms with Crippen LogP contribution in [0.15, 0.2) is 16.5 Å². The number of carbonyl (C=O) groups excluding carboxylic acids is 2. The fourth-order valence-corrected chi connectivity index (χ4v) is 2.27. The number of furan rings is 1. The van der Waals surface area contributed by atoms with E-state index in [9.17, 15) is 9.59 Å². The molecule has 1 aliphatic rings. The Bertz CT molecular complexity index is 426. The first-order chi connectivity index (χ1) is 8.65. The molecule has 98 valence electrons. The van der Waals surface area contributed by atoms with Crippen LogP contribution in [0.1, 0.15) is 37.2 Å². The van der Waals surface area contributed by atoms with E-state index < -0.39 is 0 Å². The fourth-order valence-electron chi connectivity index (χ4n) is 2.27. The summed E-state index contributed by atoms with van der Waals surface area (Å²) in [6.07, 6.45) is 3.21. The number of ketones is 1. The Morgan fingerprint density at radius 1 is 1.39 bits per heavy atom. The van der Waals surface area contributed by atoms with Crippen molar-refractivity contribution in [2.45, 2.75) is 39.0 Å². The van der Waals surface area contributed by atoms with Crippen LogP contribution < -0.4 is 5.32 Å². The normalized spacial score (nSPS) is 16.8. The van der Waals surface area contributed by atoms with Crippen LogP contribution in [0, 0.1) is 12.8 Å². The molecule has 1 amide bonds. The van der Waals surface area contributed by atoms with E-state index in [-0.39, 0.29) is 17.6 Å². The molecule has 4 nitrogen and oxygen atoms in total. The molecule has 1 N–H and O–H groups in total. The Hall–Kier alpha value is -1.58. The average molecular weight is 249 g/mol. The molecule has 1 aliphatic carbocycles. The first kappa shape index (κ1) is 12.9. The van der Waals surface area contributed by atoms with E-state index in [2.05, 4.69) is 5.32 Å². The van der Waals surface area contributed by atoms with Gasteiger partial charge in [-0.05, 0) is 31.9 Å². The van der Waals surface area contributed by atoms with Crippen LogP contribution in [0.2, 0.25) is 0 Å². The third-order valence-corrected chi connectivity index (χ3v) is 3.38. The van der Waals surface area contributed by atoms with Crippen LogP contribution in [0.5, 0.6) is 0 Å². The Morgan fingerprint density at radius 2 is 2.11 bits per heavy atom. The second kappa shape index (κ2) is 5.85. The van der Waals surface area contributed by atoms with Crippen molar-refractivity contribution in [3.05, 3.63) is 23.7 Å². The van der Waals surface area contributed by atoms with E-state index in [0.29, 0.717) is 38.6 Å². The number of carbonyl (C=O) groups is 2. The number of rotatable bonds is 4. The molecule has 4 heteroatoms. The van der Waals surface area contributed by atoms with Crippen molar-refractivity contribution in [2.75, 3.05) is 6.54 Å². The third kappa shape index (κ3) is 3.45. The Kier molecular flexibility index (Phi) is 4.18. The molecule has 0 atom stereocenters. The maximum atomic E-state index is 11.8. The van der Waals surface area contributed by atoms with Gasteiger partial charge in [-0.1, -0.05) is 0 Å². The van der Waals surface area contributed by atoms with E-state index in [1.807, 2.05) is 19.1 Å². The molecule has 0 aromatic carbocycles. The number of hydrogen-bond donors (Lipinski definition) is 1. The van der Waals surface area contributed by atoms with Gasteiger partial charge < -0.3 is 9.73 Å². The molecule has 1 saturated carbocycles. The standard InChI is InChI=1S/C14H19NO3/c1-10-2-7-13(18-10)8-9-15-14(17)11-3-5-12(16)6-4-11/h2,7,11H,3-6,8-9H2,1H3,(H,15,17). The highest BCUT2D eigenvalue weighted by molar-refractivity contribution is 5.84. The first-order valence-electron chi connectivity index (χ1n) is 6.50. The first-order valence-corrected chi connectivity index (χ1v) is 6.50. The smallest absolute Gasteiger partial charge is 0.223 e. The van der Waals surface area contributed by atoms with Crippen molar-refractivity contribution >= 4 is 11.7 Å².